The van der Waals surface area contributed by atoms with Crippen molar-refractivity contribution in [3.63, 3.8) is 0 Å². The fourth-order valence-corrected chi connectivity index (χ4v) is 3.01. The molecule has 2 N–H and O–H groups in total. The Balaban J connectivity index is 2.62. The maximum atomic E-state index is 12.5. The molecule has 0 unspecified atom stereocenters. The number of nitrogens with zero attached hydrogens (tertiary/aromatic N) is 1. The van der Waals surface area contributed by atoms with Crippen LogP contribution >= 0.6 is 0 Å². The van der Waals surface area contributed by atoms with Crippen LogP contribution in [0.5, 0.6) is 0 Å². The number of carbonyl (C=O) groups is 1. The minimum atomic E-state index is -4.40. The first kappa shape index (κ1) is 18.0. The van der Waals surface area contributed by atoms with Crippen LogP contribution in [-0.4, -0.2) is 18.9 Å². The molecule has 0 atom stereocenters. The molecule has 24 heavy (non-hydrogen) atoms. The molecule has 6 nitrogen and oxygen atoms in total. The van der Waals surface area contributed by atoms with E-state index in [1.165, 1.54) is 0 Å². The van der Waals surface area contributed by atoms with E-state index in [4.69, 9.17) is 4.55 Å². The second-order valence-electron chi connectivity index (χ2n) is 5.15. The van der Waals surface area contributed by atoms with Gasteiger partial charge < -0.3 is 0 Å². The Morgan fingerprint density at radius 1 is 1.08 bits per heavy atom. The fraction of sp³-hybridized carbons (Fsp3) is 0.235. The highest BCUT2D eigenvalue weighted by Gasteiger charge is 2.21. The van der Waals surface area contributed by atoms with E-state index in [2.05, 4.69) is 4.72 Å². The van der Waals surface area contributed by atoms with E-state index in [0.717, 1.165) is 0 Å². The van der Waals surface area contributed by atoms with Gasteiger partial charge in [0.2, 0.25) is 5.91 Å². The molecule has 0 radical (unpaired) electrons. The third-order valence-corrected chi connectivity index (χ3v) is 4.03. The number of hydrogen-bond acceptors (Lipinski definition) is 3. The van der Waals surface area contributed by atoms with Crippen molar-refractivity contribution in [3.05, 3.63) is 54.1 Å². The summed E-state index contributed by atoms with van der Waals surface area (Å²) in [5, 5.41) is 0. The number of amides is 1. The lowest BCUT2D eigenvalue weighted by Crippen LogP contribution is -2.26. The van der Waals surface area contributed by atoms with E-state index < -0.39 is 10.3 Å². The van der Waals surface area contributed by atoms with E-state index in [-0.39, 0.29) is 11.6 Å². The zero-order chi connectivity index (χ0) is 17.7. The number of benzene rings is 2. The monoisotopic (exact) mass is 348 g/mol. The summed E-state index contributed by atoms with van der Waals surface area (Å²) in [6.45, 7) is 3.62. The van der Waals surface area contributed by atoms with E-state index in [1.807, 2.05) is 37.3 Å². The lowest BCUT2D eigenvalue weighted by molar-refractivity contribution is -0.117. The largest absolute Gasteiger partial charge is 0.357 e. The summed E-state index contributed by atoms with van der Waals surface area (Å²) in [4.78, 5) is 14.1. The number of nitrogens with one attached hydrogen (secondary N) is 1. The quantitative estimate of drug-likeness (QED) is 0.782. The molecule has 0 fully saturated rings. The SMILES string of the molecule is CCC(=O)N(c1ccccc1)c1cccc(NS(=O)(=O)O)c1CC. The third kappa shape index (κ3) is 4.12. The molecule has 0 saturated heterocycles. The molecule has 128 valence electrons. The van der Waals surface area contributed by atoms with Crippen LogP contribution in [0.25, 0.3) is 0 Å². The number of anilines is 3. The molecule has 1 amide bonds. The first-order valence-corrected chi connectivity index (χ1v) is 9.06. The van der Waals surface area contributed by atoms with Crippen molar-refractivity contribution in [1.82, 2.24) is 0 Å². The highest BCUT2D eigenvalue weighted by atomic mass is 32.2. The van der Waals surface area contributed by atoms with Gasteiger partial charge in [0.1, 0.15) is 0 Å². The normalized spacial score (nSPS) is 11.1. The van der Waals surface area contributed by atoms with Gasteiger partial charge in [-0.05, 0) is 30.7 Å². The zero-order valence-corrected chi connectivity index (χ0v) is 14.4. The Morgan fingerprint density at radius 3 is 2.29 bits per heavy atom. The molecule has 0 aromatic heterocycles. The third-order valence-electron chi connectivity index (χ3n) is 3.55. The van der Waals surface area contributed by atoms with Gasteiger partial charge in [-0.25, -0.2) is 0 Å². The topological polar surface area (TPSA) is 86.7 Å². The number of hydrogen-bond donors (Lipinski definition) is 2. The highest BCUT2D eigenvalue weighted by Crippen LogP contribution is 2.34. The summed E-state index contributed by atoms with van der Waals surface area (Å²) in [6, 6.07) is 14.1. The second kappa shape index (κ2) is 7.46. The van der Waals surface area contributed by atoms with Gasteiger partial charge in [-0.15, -0.1) is 0 Å². The van der Waals surface area contributed by atoms with Crippen molar-refractivity contribution in [1.29, 1.82) is 0 Å². The van der Waals surface area contributed by atoms with Crippen molar-refractivity contribution in [2.24, 2.45) is 0 Å². The van der Waals surface area contributed by atoms with Gasteiger partial charge in [0.25, 0.3) is 0 Å². The summed E-state index contributed by atoms with van der Waals surface area (Å²) in [6.07, 6.45) is 0.780. The van der Waals surface area contributed by atoms with Crippen LogP contribution in [-0.2, 0) is 21.5 Å². The summed E-state index contributed by atoms with van der Waals surface area (Å²) in [5.74, 6) is -0.111. The van der Waals surface area contributed by atoms with Crippen LogP contribution in [0.3, 0.4) is 0 Å². The molecular formula is C17H20N2O4S. The molecule has 2 rings (SSSR count). The standard InChI is InChI=1S/C17H20N2O4S/c1-3-14-15(18-24(21,22)23)11-8-12-16(14)19(17(20)4-2)13-9-6-5-7-10-13/h5-12,18H,3-4H2,1-2H3,(H,21,22,23). The average molecular weight is 348 g/mol. The summed E-state index contributed by atoms with van der Waals surface area (Å²) >= 11 is 0. The van der Waals surface area contributed by atoms with Gasteiger partial charge in [0.05, 0.1) is 11.4 Å². The van der Waals surface area contributed by atoms with E-state index in [1.54, 1.807) is 30.0 Å². The van der Waals surface area contributed by atoms with Crippen LogP contribution in [0.15, 0.2) is 48.5 Å². The van der Waals surface area contributed by atoms with Gasteiger partial charge >= 0.3 is 10.3 Å². The zero-order valence-electron chi connectivity index (χ0n) is 13.6. The van der Waals surface area contributed by atoms with Crippen molar-refractivity contribution >= 4 is 33.3 Å². The maximum Gasteiger partial charge on any atom is 0.357 e. The smallest absolute Gasteiger partial charge is 0.281 e. The summed E-state index contributed by atoms with van der Waals surface area (Å²) in [5.41, 5.74) is 2.16. The number of para-hydroxylation sites is 1. The van der Waals surface area contributed by atoms with Crippen LogP contribution in [0.4, 0.5) is 17.1 Å². The molecule has 0 aliphatic rings. The first-order chi connectivity index (χ1) is 11.4. The van der Waals surface area contributed by atoms with Crippen molar-refractivity contribution in [2.75, 3.05) is 9.62 Å². The first-order valence-electron chi connectivity index (χ1n) is 7.62. The average Bonchev–Trinajstić information content (AvgIpc) is 2.54. The number of carbonyl (C=O) groups excluding carboxylic acids is 1. The Labute approximate surface area is 142 Å². The summed E-state index contributed by atoms with van der Waals surface area (Å²) < 4.78 is 33.5. The van der Waals surface area contributed by atoms with E-state index >= 15 is 0 Å². The van der Waals surface area contributed by atoms with Crippen molar-refractivity contribution in [3.8, 4) is 0 Å². The Morgan fingerprint density at radius 2 is 1.75 bits per heavy atom. The molecule has 0 heterocycles. The van der Waals surface area contributed by atoms with Crippen LogP contribution in [0.2, 0.25) is 0 Å². The van der Waals surface area contributed by atoms with Crippen LogP contribution in [0.1, 0.15) is 25.8 Å². The highest BCUT2D eigenvalue weighted by molar-refractivity contribution is 7.87. The van der Waals surface area contributed by atoms with Gasteiger partial charge in [-0.2, -0.15) is 8.42 Å². The molecule has 0 aliphatic heterocycles. The molecule has 0 spiro atoms. The van der Waals surface area contributed by atoms with Crippen molar-refractivity contribution < 1.29 is 17.8 Å². The van der Waals surface area contributed by atoms with Crippen molar-refractivity contribution in [2.45, 2.75) is 26.7 Å². The predicted molar refractivity (Wildman–Crippen MR) is 94.9 cm³/mol. The lowest BCUT2D eigenvalue weighted by Gasteiger charge is -2.26. The van der Waals surface area contributed by atoms with Gasteiger partial charge in [-0.3, -0.25) is 19.0 Å². The maximum absolute atomic E-state index is 12.5. The van der Waals surface area contributed by atoms with Crippen LogP contribution < -0.4 is 9.62 Å². The Hall–Kier alpha value is -2.38. The second-order valence-corrected chi connectivity index (χ2v) is 6.31. The lowest BCUT2D eigenvalue weighted by atomic mass is 10.1. The van der Waals surface area contributed by atoms with E-state index in [9.17, 15) is 13.2 Å². The fourth-order valence-electron chi connectivity index (χ4n) is 2.54. The molecule has 7 heteroatoms. The van der Waals surface area contributed by atoms with Gasteiger partial charge in [0, 0.05) is 17.7 Å². The molecule has 0 bridgehead atoms. The van der Waals surface area contributed by atoms with E-state index in [0.29, 0.717) is 29.8 Å². The summed E-state index contributed by atoms with van der Waals surface area (Å²) in [7, 11) is -4.40. The Kier molecular flexibility index (Phi) is 5.58. The molecule has 2 aromatic carbocycles. The molecule has 0 aliphatic carbocycles. The minimum Gasteiger partial charge on any atom is -0.281 e. The van der Waals surface area contributed by atoms with Gasteiger partial charge in [0.15, 0.2) is 0 Å². The predicted octanol–water partition coefficient (Wildman–Crippen LogP) is 3.54. The molecular weight excluding hydrogens is 328 g/mol. The molecule has 0 saturated carbocycles. The molecule has 2 aromatic rings. The minimum absolute atomic E-state index is 0.111. The van der Waals surface area contributed by atoms with Crippen LogP contribution in [0, 0.1) is 0 Å². The number of rotatable bonds is 6. The Bertz CT molecular complexity index is 820. The van der Waals surface area contributed by atoms with Gasteiger partial charge in [-0.1, -0.05) is 38.1 Å².